The SMILES string of the molecule is NC[C@H]1CN[C@H](CONC(=O)[C@@H]2CC[C@@H]3CN2C(=O)N3OS(=O)(=O)O)C1.O=C(O)C(F)(F)F. The molecule has 3 heterocycles. The number of nitrogens with two attached hydrogens (primary N) is 1. The molecule has 0 aromatic rings. The zero-order valence-corrected chi connectivity index (χ0v) is 17.8. The summed E-state index contributed by atoms with van der Waals surface area (Å²) in [6, 6.07) is -2.01. The molecule has 0 spiro atoms. The van der Waals surface area contributed by atoms with Crippen LogP contribution in [0.15, 0.2) is 0 Å². The summed E-state index contributed by atoms with van der Waals surface area (Å²) in [6.07, 6.45) is -3.53. The van der Waals surface area contributed by atoms with Gasteiger partial charge in [0.15, 0.2) is 0 Å². The first kappa shape index (κ1) is 27.0. The maximum Gasteiger partial charge on any atom is 0.490 e. The second kappa shape index (κ2) is 10.8. The monoisotopic (exact) mass is 507 g/mol. The van der Waals surface area contributed by atoms with Crippen LogP contribution in [-0.2, 0) is 29.1 Å². The average Bonchev–Trinajstić information content (AvgIpc) is 3.26. The van der Waals surface area contributed by atoms with Crippen LogP contribution >= 0.6 is 0 Å². The molecule has 0 saturated carbocycles. The van der Waals surface area contributed by atoms with Crippen LogP contribution in [0.3, 0.4) is 0 Å². The molecule has 3 rings (SSSR count). The van der Waals surface area contributed by atoms with Gasteiger partial charge in [-0.05, 0) is 38.3 Å². The predicted octanol–water partition coefficient (Wildman–Crippen LogP) is -1.39. The van der Waals surface area contributed by atoms with Crippen LogP contribution in [-0.4, -0.2) is 96.5 Å². The van der Waals surface area contributed by atoms with Gasteiger partial charge in [-0.15, -0.1) is 4.28 Å². The van der Waals surface area contributed by atoms with Crippen molar-refractivity contribution in [3.63, 3.8) is 0 Å². The number of alkyl halides is 3. The smallest absolute Gasteiger partial charge is 0.475 e. The van der Waals surface area contributed by atoms with Crippen molar-refractivity contribution in [2.24, 2.45) is 11.7 Å². The van der Waals surface area contributed by atoms with E-state index >= 15 is 0 Å². The van der Waals surface area contributed by atoms with Gasteiger partial charge in [0, 0.05) is 12.6 Å². The van der Waals surface area contributed by atoms with Crippen molar-refractivity contribution >= 4 is 28.3 Å². The Morgan fingerprint density at radius 3 is 2.45 bits per heavy atom. The number of halogens is 3. The maximum atomic E-state index is 12.3. The third kappa shape index (κ3) is 7.64. The second-order valence-electron chi connectivity index (χ2n) is 7.53. The van der Waals surface area contributed by atoms with Crippen molar-refractivity contribution in [1.29, 1.82) is 0 Å². The Hall–Kier alpha value is -2.25. The predicted molar refractivity (Wildman–Crippen MR) is 100 cm³/mol. The molecule has 4 atom stereocenters. The lowest BCUT2D eigenvalue weighted by atomic mass is 10.0. The number of piperidine rings is 1. The lowest BCUT2D eigenvalue weighted by Gasteiger charge is -2.29. The molecule has 0 radical (unpaired) electrons. The first-order valence-electron chi connectivity index (χ1n) is 9.65. The molecule has 0 aromatic carbocycles. The number of fused-ring (bicyclic) bond motifs is 2. The number of carboxylic acid groups (broad SMARTS) is 1. The van der Waals surface area contributed by atoms with E-state index in [1.54, 1.807) is 0 Å². The molecule has 6 N–H and O–H groups in total. The fraction of sp³-hybridized carbons (Fsp3) is 0.800. The zero-order chi connectivity index (χ0) is 25.0. The number of carbonyl (C=O) groups excluding carboxylic acids is 2. The van der Waals surface area contributed by atoms with Gasteiger partial charge < -0.3 is 21.1 Å². The molecule has 2 bridgehead atoms. The van der Waals surface area contributed by atoms with Crippen molar-refractivity contribution < 1.29 is 54.8 Å². The van der Waals surface area contributed by atoms with Gasteiger partial charge in [-0.1, -0.05) is 0 Å². The van der Waals surface area contributed by atoms with E-state index in [1.807, 2.05) is 0 Å². The molecule has 33 heavy (non-hydrogen) atoms. The highest BCUT2D eigenvalue weighted by Gasteiger charge is 2.49. The van der Waals surface area contributed by atoms with Gasteiger partial charge in [-0.25, -0.2) is 15.1 Å². The number of carboxylic acids is 1. The van der Waals surface area contributed by atoms with E-state index in [9.17, 15) is 31.2 Å². The Morgan fingerprint density at radius 1 is 1.30 bits per heavy atom. The quantitative estimate of drug-likeness (QED) is 0.201. The largest absolute Gasteiger partial charge is 0.490 e. The van der Waals surface area contributed by atoms with Crippen LogP contribution in [0.25, 0.3) is 0 Å². The van der Waals surface area contributed by atoms with Crippen LogP contribution in [0, 0.1) is 5.92 Å². The van der Waals surface area contributed by atoms with Gasteiger partial charge in [0.1, 0.15) is 6.04 Å². The average molecular weight is 507 g/mol. The number of aliphatic carboxylic acids is 1. The Morgan fingerprint density at radius 2 is 1.94 bits per heavy atom. The summed E-state index contributed by atoms with van der Waals surface area (Å²) in [7, 11) is -4.81. The molecule has 0 aromatic heterocycles. The van der Waals surface area contributed by atoms with Crippen LogP contribution in [0.5, 0.6) is 0 Å². The lowest BCUT2D eigenvalue weighted by molar-refractivity contribution is -0.192. The number of rotatable bonds is 7. The molecule has 0 aliphatic carbocycles. The number of nitrogens with one attached hydrogen (secondary N) is 2. The van der Waals surface area contributed by atoms with E-state index in [0.717, 1.165) is 13.0 Å². The van der Waals surface area contributed by atoms with Crippen LogP contribution in [0.2, 0.25) is 0 Å². The van der Waals surface area contributed by atoms with Gasteiger partial charge in [0.2, 0.25) is 0 Å². The molecule has 3 aliphatic heterocycles. The molecule has 3 saturated heterocycles. The van der Waals surface area contributed by atoms with Crippen LogP contribution in [0.4, 0.5) is 18.0 Å². The van der Waals surface area contributed by atoms with E-state index in [-0.39, 0.29) is 19.2 Å². The first-order chi connectivity index (χ1) is 15.2. The molecule has 18 heteroatoms. The first-order valence-corrected chi connectivity index (χ1v) is 11.0. The number of hydroxylamine groups is 3. The maximum absolute atomic E-state index is 12.3. The fourth-order valence-corrected chi connectivity index (χ4v) is 3.98. The van der Waals surface area contributed by atoms with E-state index in [0.29, 0.717) is 30.4 Å². The van der Waals surface area contributed by atoms with E-state index in [4.69, 9.17) is 25.0 Å². The molecule has 190 valence electrons. The Labute approximate surface area is 186 Å². The summed E-state index contributed by atoms with van der Waals surface area (Å²) in [4.78, 5) is 39.9. The van der Waals surface area contributed by atoms with Gasteiger partial charge in [0.25, 0.3) is 5.91 Å². The summed E-state index contributed by atoms with van der Waals surface area (Å²) in [5, 5.41) is 11.0. The zero-order valence-electron chi connectivity index (χ0n) is 17.0. The Balaban J connectivity index is 0.000000479. The minimum atomic E-state index is -5.08. The highest BCUT2D eigenvalue weighted by molar-refractivity contribution is 7.80. The van der Waals surface area contributed by atoms with E-state index in [2.05, 4.69) is 15.1 Å². The fourth-order valence-electron chi connectivity index (χ4n) is 3.59. The highest BCUT2D eigenvalue weighted by atomic mass is 32.3. The summed E-state index contributed by atoms with van der Waals surface area (Å²) in [5.74, 6) is -2.85. The molecular weight excluding hydrogens is 483 g/mol. The summed E-state index contributed by atoms with van der Waals surface area (Å²) in [6.45, 7) is 1.82. The molecule has 3 aliphatic rings. The van der Waals surface area contributed by atoms with Crippen LogP contribution in [0.1, 0.15) is 19.3 Å². The van der Waals surface area contributed by atoms with E-state index < -0.39 is 46.6 Å². The molecule has 3 amide bonds. The normalized spacial score (nSPS) is 27.2. The minimum absolute atomic E-state index is 0.103. The number of urea groups is 1. The van der Waals surface area contributed by atoms with Crippen molar-refractivity contribution in [2.75, 3.05) is 26.2 Å². The highest BCUT2D eigenvalue weighted by Crippen LogP contribution is 2.30. The van der Waals surface area contributed by atoms with Gasteiger partial charge in [-0.3, -0.25) is 14.2 Å². The van der Waals surface area contributed by atoms with E-state index in [1.165, 1.54) is 4.90 Å². The summed E-state index contributed by atoms with van der Waals surface area (Å²) in [5.41, 5.74) is 7.96. The topological polar surface area (TPSA) is 201 Å². The number of nitrogens with zero attached hydrogens (tertiary/aromatic N) is 2. The summed E-state index contributed by atoms with van der Waals surface area (Å²) < 4.78 is 66.5. The number of carbonyl (C=O) groups is 3. The number of hydrogen-bond donors (Lipinski definition) is 5. The Bertz CT molecular complexity index is 843. The van der Waals surface area contributed by atoms with Crippen LogP contribution < -0.4 is 16.5 Å². The van der Waals surface area contributed by atoms with Gasteiger partial charge in [0.05, 0.1) is 12.6 Å². The van der Waals surface area contributed by atoms with Crippen molar-refractivity contribution in [3.05, 3.63) is 0 Å². The van der Waals surface area contributed by atoms with Gasteiger partial charge in [-0.2, -0.15) is 26.7 Å². The molecule has 0 unspecified atom stereocenters. The lowest BCUT2D eigenvalue weighted by Crippen LogP contribution is -2.50. The minimum Gasteiger partial charge on any atom is -0.475 e. The van der Waals surface area contributed by atoms with Gasteiger partial charge >= 0.3 is 28.6 Å². The van der Waals surface area contributed by atoms with Crippen molar-refractivity contribution in [2.45, 2.75) is 43.6 Å². The molecule has 14 nitrogen and oxygen atoms in total. The number of hydrogen-bond acceptors (Lipinski definition) is 9. The molecular formula is C15H24F3N5O9S. The number of amides is 3. The Kier molecular flexibility index (Phi) is 8.82. The van der Waals surface area contributed by atoms with Crippen molar-refractivity contribution in [1.82, 2.24) is 20.8 Å². The summed E-state index contributed by atoms with van der Waals surface area (Å²) >= 11 is 0. The second-order valence-corrected chi connectivity index (χ2v) is 8.54. The third-order valence-electron chi connectivity index (χ3n) is 5.15. The molecule has 3 fully saturated rings. The van der Waals surface area contributed by atoms with Crippen molar-refractivity contribution in [3.8, 4) is 0 Å². The standard InChI is InChI=1S/C13H23N5O7S.C2HF3O2/c14-4-8-3-9(15-5-8)7-24-16-12(19)11-2-1-10-6-17(11)13(20)18(10)25-26(21,22)23;3-2(4,5)1(6)7/h8-11,15H,1-7,14H2,(H,16,19)(H,21,22,23);(H,6,7)/t8-,9-,10+,11-;/m0./s1. The third-order valence-corrected chi connectivity index (χ3v) is 5.50.